The van der Waals surface area contributed by atoms with E-state index in [0.29, 0.717) is 18.7 Å². The largest absolute Gasteiger partial charge is 0.341 e. The molecule has 2 aromatic rings. The molecule has 0 aliphatic carbocycles. The van der Waals surface area contributed by atoms with E-state index in [-0.39, 0.29) is 6.67 Å². The monoisotopic (exact) mass is 535 g/mol. The average molecular weight is 536 g/mol. The minimum Gasteiger partial charge on any atom is -0.341 e. The summed E-state index contributed by atoms with van der Waals surface area (Å²) in [7, 11) is 0. The Morgan fingerprint density at radius 1 is 0.923 bits per heavy atom. The normalized spacial score (nSPS) is 10.2. The molecule has 2 aromatic carbocycles. The molecule has 0 saturated carbocycles. The lowest BCUT2D eigenvalue weighted by Gasteiger charge is -2.08. The van der Waals surface area contributed by atoms with Crippen LogP contribution in [0.15, 0.2) is 91.2 Å². The third kappa shape index (κ3) is 21.4. The Morgan fingerprint density at radius 3 is 1.90 bits per heavy atom. The molecule has 0 unspecified atom stereocenters. The molecular formula is C35H54FN3. The second-order valence-electron chi connectivity index (χ2n) is 9.09. The van der Waals surface area contributed by atoms with Crippen LogP contribution in [0.1, 0.15) is 89.8 Å². The number of nitrogens with zero attached hydrogens (tertiary/aromatic N) is 1. The molecule has 3 nitrogen and oxygen atoms in total. The summed E-state index contributed by atoms with van der Waals surface area (Å²) in [5.41, 5.74) is 11.6. The van der Waals surface area contributed by atoms with Gasteiger partial charge in [-0.15, -0.1) is 6.58 Å². The van der Waals surface area contributed by atoms with E-state index >= 15 is 0 Å². The number of nitrogens with one attached hydrogen (secondary N) is 1. The lowest BCUT2D eigenvalue weighted by molar-refractivity contribution is 0.477. The topological polar surface area (TPSA) is 50.4 Å². The summed E-state index contributed by atoms with van der Waals surface area (Å²) in [4.78, 5) is 4.33. The van der Waals surface area contributed by atoms with E-state index in [1.54, 1.807) is 12.3 Å². The van der Waals surface area contributed by atoms with Gasteiger partial charge >= 0.3 is 0 Å². The summed E-state index contributed by atoms with van der Waals surface area (Å²) in [5.74, 6) is 0.562. The van der Waals surface area contributed by atoms with E-state index < -0.39 is 0 Å². The molecule has 0 bridgehead atoms. The van der Waals surface area contributed by atoms with Crippen molar-refractivity contribution >= 4 is 23.0 Å². The Bertz CT molecular complexity index is 950. The van der Waals surface area contributed by atoms with Gasteiger partial charge in [-0.05, 0) is 87.1 Å². The maximum Gasteiger partial charge on any atom is 0.122 e. The Morgan fingerprint density at radius 2 is 1.46 bits per heavy atom. The molecule has 0 aliphatic heterocycles. The van der Waals surface area contributed by atoms with E-state index in [1.165, 1.54) is 36.8 Å². The number of unbranched alkanes of at least 4 members (excludes halogenated alkanes) is 2. The molecule has 0 heterocycles. The molecule has 0 spiro atoms. The van der Waals surface area contributed by atoms with Gasteiger partial charge in [-0.2, -0.15) is 0 Å². The number of nitrogens with two attached hydrogens (primary N) is 1. The lowest BCUT2D eigenvalue weighted by Crippen LogP contribution is -1.96. The standard InChI is InChI=1S/C24H27FN2.C4H11N.C4H10.C3H6/c1-18-7-9-22(10-8-18)20(3)15-17-26-21(4)27-24-13-11-23(12-14-24)19(2)6-5-16-25;1-2-3-4-5;1-3-4-2;1-3-2/h7-15,17,27H,2,4-6,16H2,1,3H3;2-5H2,1H3;3-4H2,1-2H3;3H,1H2,2H3/b20-15+,26-17-;;;. The van der Waals surface area contributed by atoms with E-state index in [0.717, 1.165) is 28.9 Å². The van der Waals surface area contributed by atoms with E-state index in [4.69, 9.17) is 5.73 Å². The van der Waals surface area contributed by atoms with Gasteiger partial charge in [0, 0.05) is 11.9 Å². The molecule has 0 radical (unpaired) electrons. The number of hydrogen-bond acceptors (Lipinski definition) is 3. The number of anilines is 1. The maximum atomic E-state index is 12.3. The van der Waals surface area contributed by atoms with Gasteiger partial charge in [0.2, 0.25) is 0 Å². The zero-order valence-corrected chi connectivity index (χ0v) is 25.5. The molecule has 0 atom stereocenters. The summed E-state index contributed by atoms with van der Waals surface area (Å²) in [5, 5.41) is 3.16. The quantitative estimate of drug-likeness (QED) is 0.210. The number of rotatable bonds is 12. The van der Waals surface area contributed by atoms with Gasteiger partial charge in [0.05, 0.1) is 6.67 Å². The summed E-state index contributed by atoms with van der Waals surface area (Å²) in [6, 6.07) is 16.2. The highest BCUT2D eigenvalue weighted by Gasteiger charge is 2.00. The fourth-order valence-electron chi connectivity index (χ4n) is 2.77. The third-order valence-corrected chi connectivity index (χ3v) is 5.31. The van der Waals surface area contributed by atoms with Crippen molar-refractivity contribution in [2.75, 3.05) is 18.5 Å². The molecule has 3 N–H and O–H groups in total. The maximum absolute atomic E-state index is 12.3. The van der Waals surface area contributed by atoms with Crippen LogP contribution in [-0.4, -0.2) is 19.4 Å². The second kappa shape index (κ2) is 26.4. The summed E-state index contributed by atoms with van der Waals surface area (Å²) in [6.45, 7) is 24.3. The van der Waals surface area contributed by atoms with Crippen LogP contribution in [0.4, 0.5) is 10.1 Å². The summed E-state index contributed by atoms with van der Waals surface area (Å²) < 4.78 is 12.3. The summed E-state index contributed by atoms with van der Waals surface area (Å²) >= 11 is 0. The van der Waals surface area contributed by atoms with Crippen LogP contribution in [0.25, 0.3) is 11.1 Å². The molecule has 4 heteroatoms. The Hall–Kier alpha value is -3.24. The van der Waals surface area contributed by atoms with Crippen molar-refractivity contribution in [2.24, 2.45) is 10.7 Å². The highest BCUT2D eigenvalue weighted by molar-refractivity contribution is 5.84. The third-order valence-electron chi connectivity index (χ3n) is 5.31. The predicted octanol–water partition coefficient (Wildman–Crippen LogP) is 10.6. The smallest absolute Gasteiger partial charge is 0.122 e. The van der Waals surface area contributed by atoms with Crippen LogP contribution in [0.5, 0.6) is 0 Å². The number of aliphatic imine (C=N–C) groups is 1. The first-order valence-corrected chi connectivity index (χ1v) is 14.1. The first kappa shape index (κ1) is 37.9. The first-order valence-electron chi connectivity index (χ1n) is 14.1. The Labute approximate surface area is 239 Å². The summed E-state index contributed by atoms with van der Waals surface area (Å²) in [6.07, 6.45) is 11.7. The van der Waals surface area contributed by atoms with Crippen molar-refractivity contribution in [2.45, 2.75) is 80.1 Å². The number of hydrogen-bond donors (Lipinski definition) is 2. The molecule has 0 aromatic heterocycles. The molecule has 0 amide bonds. The molecule has 39 heavy (non-hydrogen) atoms. The predicted molar refractivity (Wildman–Crippen MR) is 177 cm³/mol. The molecule has 0 fully saturated rings. The van der Waals surface area contributed by atoms with Crippen LogP contribution in [-0.2, 0) is 0 Å². The Kier molecular flexibility index (Phi) is 25.6. The van der Waals surface area contributed by atoms with Gasteiger partial charge in [-0.3, -0.25) is 4.39 Å². The van der Waals surface area contributed by atoms with Crippen molar-refractivity contribution in [3.05, 3.63) is 103 Å². The molecule has 2 rings (SSSR count). The highest BCUT2D eigenvalue weighted by atomic mass is 19.1. The van der Waals surface area contributed by atoms with Crippen molar-refractivity contribution in [3.8, 4) is 0 Å². The zero-order valence-electron chi connectivity index (χ0n) is 25.5. The van der Waals surface area contributed by atoms with Crippen molar-refractivity contribution in [3.63, 3.8) is 0 Å². The average Bonchev–Trinajstić information content (AvgIpc) is 2.93. The first-order chi connectivity index (χ1) is 18.7. The number of allylic oxidation sites excluding steroid dienone is 4. The van der Waals surface area contributed by atoms with Crippen LogP contribution in [0.3, 0.4) is 0 Å². The number of benzene rings is 2. The highest BCUT2D eigenvalue weighted by Crippen LogP contribution is 2.21. The minimum atomic E-state index is -0.311. The SMILES string of the molecule is C=C(/N=C\C=C(/C)c1ccc(C)cc1)Nc1ccc(C(=C)CCCF)cc1.C=CC.CCCC.CCCCN. The fourth-order valence-corrected chi connectivity index (χ4v) is 2.77. The van der Waals surface area contributed by atoms with Gasteiger partial charge in [0.1, 0.15) is 5.82 Å². The number of aryl methyl sites for hydroxylation is 1. The molecule has 216 valence electrons. The number of halogens is 1. The second-order valence-corrected chi connectivity index (χ2v) is 9.09. The van der Waals surface area contributed by atoms with E-state index in [1.807, 2.05) is 37.3 Å². The van der Waals surface area contributed by atoms with Gasteiger partial charge in [0.25, 0.3) is 0 Å². The zero-order chi connectivity index (χ0) is 29.9. The van der Waals surface area contributed by atoms with Crippen LogP contribution < -0.4 is 11.1 Å². The number of alkyl halides is 1. The minimum absolute atomic E-state index is 0.311. The van der Waals surface area contributed by atoms with Gasteiger partial charge in [-0.25, -0.2) is 4.99 Å². The fraction of sp³-hybridized carbons (Fsp3) is 0.400. The van der Waals surface area contributed by atoms with Crippen LogP contribution in [0.2, 0.25) is 0 Å². The van der Waals surface area contributed by atoms with Gasteiger partial charge in [-0.1, -0.05) is 101 Å². The Balaban J connectivity index is 0. The van der Waals surface area contributed by atoms with Gasteiger partial charge < -0.3 is 11.1 Å². The van der Waals surface area contributed by atoms with E-state index in [9.17, 15) is 4.39 Å². The van der Waals surface area contributed by atoms with E-state index in [2.05, 4.69) is 88.9 Å². The lowest BCUT2D eigenvalue weighted by atomic mass is 10.0. The van der Waals surface area contributed by atoms with Crippen molar-refractivity contribution in [1.82, 2.24) is 0 Å². The molecule has 0 aliphatic rings. The molecular weight excluding hydrogens is 481 g/mol. The van der Waals surface area contributed by atoms with Crippen molar-refractivity contribution < 1.29 is 4.39 Å². The molecule has 0 saturated heterocycles. The van der Waals surface area contributed by atoms with Crippen molar-refractivity contribution in [1.29, 1.82) is 0 Å². The van der Waals surface area contributed by atoms with Crippen LogP contribution in [0, 0.1) is 6.92 Å². The van der Waals surface area contributed by atoms with Gasteiger partial charge in [0.15, 0.2) is 0 Å². The van der Waals surface area contributed by atoms with Crippen LogP contribution >= 0.6 is 0 Å².